The van der Waals surface area contributed by atoms with Crippen molar-refractivity contribution in [3.05, 3.63) is 23.3 Å². The predicted molar refractivity (Wildman–Crippen MR) is 73.8 cm³/mol. The van der Waals surface area contributed by atoms with E-state index in [1.165, 1.54) is 0 Å². The van der Waals surface area contributed by atoms with Gasteiger partial charge in [-0.05, 0) is 37.5 Å². The second-order valence-electron chi connectivity index (χ2n) is 4.63. The highest BCUT2D eigenvalue weighted by Gasteiger charge is 2.11. The molecule has 5 heteroatoms. The third-order valence-corrected chi connectivity index (χ3v) is 2.84. The van der Waals surface area contributed by atoms with E-state index in [1.807, 2.05) is 26.0 Å². The number of aliphatic hydroxyl groups is 1. The molecular weight excluding hydrogens is 246 g/mol. The van der Waals surface area contributed by atoms with Crippen LogP contribution in [-0.2, 0) is 4.79 Å². The number of anilines is 1. The van der Waals surface area contributed by atoms with Gasteiger partial charge in [0.05, 0.1) is 18.9 Å². The lowest BCUT2D eigenvalue weighted by atomic mass is 10.1. The zero-order valence-electron chi connectivity index (χ0n) is 11.6. The van der Waals surface area contributed by atoms with Crippen LogP contribution in [-0.4, -0.2) is 35.9 Å². The van der Waals surface area contributed by atoms with Gasteiger partial charge >= 0.3 is 5.97 Å². The molecule has 0 saturated heterocycles. The van der Waals surface area contributed by atoms with Gasteiger partial charge in [-0.1, -0.05) is 6.07 Å². The number of aliphatic carboxylic acids is 1. The van der Waals surface area contributed by atoms with Crippen molar-refractivity contribution in [2.24, 2.45) is 0 Å². The van der Waals surface area contributed by atoms with Gasteiger partial charge in [0.2, 0.25) is 0 Å². The number of aliphatic hydroxyl groups excluding tert-OH is 1. The number of carbonyl (C=O) groups is 1. The van der Waals surface area contributed by atoms with Gasteiger partial charge in [0.25, 0.3) is 0 Å². The van der Waals surface area contributed by atoms with Crippen molar-refractivity contribution < 1.29 is 19.7 Å². The summed E-state index contributed by atoms with van der Waals surface area (Å²) in [5, 5.41) is 21.3. The van der Waals surface area contributed by atoms with Crippen LogP contribution in [0.1, 0.15) is 24.0 Å². The van der Waals surface area contributed by atoms with Crippen LogP contribution in [0.15, 0.2) is 12.1 Å². The molecule has 0 amide bonds. The number of benzene rings is 1. The van der Waals surface area contributed by atoms with E-state index in [1.54, 1.807) is 7.11 Å². The lowest BCUT2D eigenvalue weighted by Crippen LogP contribution is -2.20. The number of carboxylic acids is 1. The Hall–Kier alpha value is -1.75. The van der Waals surface area contributed by atoms with E-state index in [-0.39, 0.29) is 12.8 Å². The van der Waals surface area contributed by atoms with Gasteiger partial charge in [-0.3, -0.25) is 4.79 Å². The van der Waals surface area contributed by atoms with Crippen molar-refractivity contribution in [1.29, 1.82) is 0 Å². The first-order valence-corrected chi connectivity index (χ1v) is 6.23. The Bertz CT molecular complexity index is 445. The topological polar surface area (TPSA) is 78.8 Å². The van der Waals surface area contributed by atoms with Crippen LogP contribution in [0.2, 0.25) is 0 Å². The van der Waals surface area contributed by atoms with Crippen molar-refractivity contribution in [3.63, 3.8) is 0 Å². The number of nitrogens with one attached hydrogen (secondary N) is 1. The van der Waals surface area contributed by atoms with Gasteiger partial charge in [-0.15, -0.1) is 0 Å². The molecule has 1 unspecified atom stereocenters. The van der Waals surface area contributed by atoms with E-state index >= 15 is 0 Å². The smallest absolute Gasteiger partial charge is 0.303 e. The minimum Gasteiger partial charge on any atom is -0.494 e. The molecule has 0 spiro atoms. The highest BCUT2D eigenvalue weighted by Crippen LogP contribution is 2.29. The van der Waals surface area contributed by atoms with Gasteiger partial charge < -0.3 is 20.3 Å². The van der Waals surface area contributed by atoms with Gasteiger partial charge in [0.1, 0.15) is 5.75 Å². The Balaban J connectivity index is 2.64. The van der Waals surface area contributed by atoms with Crippen LogP contribution < -0.4 is 10.1 Å². The van der Waals surface area contributed by atoms with Crippen LogP contribution in [0.3, 0.4) is 0 Å². The highest BCUT2D eigenvalue weighted by molar-refractivity contribution is 5.66. The molecule has 3 N–H and O–H groups in total. The summed E-state index contributed by atoms with van der Waals surface area (Å²) < 4.78 is 5.32. The maximum Gasteiger partial charge on any atom is 0.303 e. The first-order valence-electron chi connectivity index (χ1n) is 6.23. The third-order valence-electron chi connectivity index (χ3n) is 2.84. The summed E-state index contributed by atoms with van der Waals surface area (Å²) in [6.45, 7) is 4.24. The Morgan fingerprint density at radius 1 is 1.42 bits per heavy atom. The lowest BCUT2D eigenvalue weighted by molar-refractivity contribution is -0.137. The van der Waals surface area contributed by atoms with E-state index in [0.717, 1.165) is 22.6 Å². The Morgan fingerprint density at radius 2 is 2.11 bits per heavy atom. The van der Waals surface area contributed by atoms with Gasteiger partial charge in [-0.2, -0.15) is 0 Å². The summed E-state index contributed by atoms with van der Waals surface area (Å²) in [7, 11) is 1.60. The number of hydrogen-bond acceptors (Lipinski definition) is 4. The number of hydrogen-bond donors (Lipinski definition) is 3. The molecule has 5 nitrogen and oxygen atoms in total. The summed E-state index contributed by atoms with van der Waals surface area (Å²) in [5.74, 6) is -0.154. The summed E-state index contributed by atoms with van der Waals surface area (Å²) in [6.07, 6.45) is -0.496. The molecule has 0 aliphatic carbocycles. The van der Waals surface area contributed by atoms with E-state index < -0.39 is 12.1 Å². The van der Waals surface area contributed by atoms with Gasteiger partial charge in [-0.25, -0.2) is 0 Å². The van der Waals surface area contributed by atoms with Crippen molar-refractivity contribution in [3.8, 4) is 5.75 Å². The molecule has 0 radical (unpaired) electrons. The maximum atomic E-state index is 10.4. The summed E-state index contributed by atoms with van der Waals surface area (Å²) in [5.41, 5.74) is 2.93. The zero-order chi connectivity index (χ0) is 14.4. The van der Waals surface area contributed by atoms with Gasteiger partial charge in [0, 0.05) is 13.0 Å². The molecule has 0 aliphatic heterocycles. The Labute approximate surface area is 113 Å². The van der Waals surface area contributed by atoms with Crippen LogP contribution in [0, 0.1) is 13.8 Å². The fourth-order valence-electron chi connectivity index (χ4n) is 1.98. The van der Waals surface area contributed by atoms with Crippen molar-refractivity contribution in [2.45, 2.75) is 32.8 Å². The molecule has 19 heavy (non-hydrogen) atoms. The standard InChI is InChI=1S/C14H21NO4/c1-9-6-10(2)14(19-3)12(7-9)15-8-11(16)4-5-13(17)18/h6-7,11,15-16H,4-5,8H2,1-3H3,(H,17,18). The molecule has 1 atom stereocenters. The van der Waals surface area contributed by atoms with E-state index in [9.17, 15) is 9.90 Å². The van der Waals surface area contributed by atoms with Crippen LogP contribution in [0.5, 0.6) is 5.75 Å². The Morgan fingerprint density at radius 3 is 2.68 bits per heavy atom. The fraction of sp³-hybridized carbons (Fsp3) is 0.500. The average molecular weight is 267 g/mol. The molecule has 1 aromatic carbocycles. The molecule has 106 valence electrons. The zero-order valence-corrected chi connectivity index (χ0v) is 11.6. The largest absolute Gasteiger partial charge is 0.494 e. The van der Waals surface area contributed by atoms with Crippen molar-refractivity contribution >= 4 is 11.7 Å². The second-order valence-corrected chi connectivity index (χ2v) is 4.63. The molecule has 0 aromatic heterocycles. The van der Waals surface area contributed by atoms with Crippen molar-refractivity contribution in [1.82, 2.24) is 0 Å². The summed E-state index contributed by atoms with van der Waals surface area (Å²) in [4.78, 5) is 10.4. The molecule has 0 fully saturated rings. The first kappa shape index (κ1) is 15.3. The van der Waals surface area contributed by atoms with Crippen LogP contribution in [0.25, 0.3) is 0 Å². The predicted octanol–water partition coefficient (Wildman–Crippen LogP) is 1.95. The molecule has 0 aliphatic rings. The maximum absolute atomic E-state index is 10.4. The SMILES string of the molecule is COc1c(C)cc(C)cc1NCC(O)CCC(=O)O. The molecular formula is C14H21NO4. The van der Waals surface area contributed by atoms with E-state index in [0.29, 0.717) is 6.54 Å². The van der Waals surface area contributed by atoms with E-state index in [4.69, 9.17) is 9.84 Å². The number of aryl methyl sites for hydroxylation is 2. The molecule has 0 heterocycles. The van der Waals surface area contributed by atoms with Gasteiger partial charge in [0.15, 0.2) is 0 Å². The minimum atomic E-state index is -0.900. The monoisotopic (exact) mass is 267 g/mol. The third kappa shape index (κ3) is 4.79. The fourth-order valence-corrected chi connectivity index (χ4v) is 1.98. The second kappa shape index (κ2) is 6.99. The Kier molecular flexibility index (Phi) is 5.63. The number of rotatable bonds is 7. The van der Waals surface area contributed by atoms with Crippen LogP contribution in [0.4, 0.5) is 5.69 Å². The minimum absolute atomic E-state index is 0.0349. The quantitative estimate of drug-likeness (QED) is 0.703. The molecule has 0 saturated carbocycles. The molecule has 1 aromatic rings. The summed E-state index contributed by atoms with van der Waals surface area (Å²) in [6, 6.07) is 3.96. The molecule has 1 rings (SSSR count). The highest BCUT2D eigenvalue weighted by atomic mass is 16.5. The number of ether oxygens (including phenoxy) is 1. The number of carboxylic acid groups (broad SMARTS) is 1. The molecule has 0 bridgehead atoms. The van der Waals surface area contributed by atoms with E-state index in [2.05, 4.69) is 5.32 Å². The normalized spacial score (nSPS) is 12.0. The average Bonchev–Trinajstić information content (AvgIpc) is 2.33. The lowest BCUT2D eigenvalue weighted by Gasteiger charge is -2.16. The first-order chi connectivity index (χ1) is 8.93. The van der Waals surface area contributed by atoms with Crippen molar-refractivity contribution in [2.75, 3.05) is 19.0 Å². The summed E-state index contributed by atoms with van der Waals surface area (Å²) >= 11 is 0. The number of methoxy groups -OCH3 is 1. The van der Waals surface area contributed by atoms with Crippen LogP contribution >= 0.6 is 0 Å².